The minimum atomic E-state index is -0.246. The molecule has 0 aromatic carbocycles. The second kappa shape index (κ2) is 13.4. The van der Waals surface area contributed by atoms with Gasteiger partial charge in [-0.15, -0.1) is 24.0 Å². The third-order valence-electron chi connectivity index (χ3n) is 4.34. The van der Waals surface area contributed by atoms with Crippen molar-refractivity contribution in [2.45, 2.75) is 33.2 Å². The fourth-order valence-corrected chi connectivity index (χ4v) is 2.82. The number of carbonyl (C=O) groups excluding carboxylic acids is 1. The first kappa shape index (κ1) is 24.3. The van der Waals surface area contributed by atoms with Crippen LogP contribution in [0.5, 0.6) is 5.88 Å². The van der Waals surface area contributed by atoms with Crippen LogP contribution < -0.4 is 10.1 Å². The van der Waals surface area contributed by atoms with Gasteiger partial charge in [-0.05, 0) is 19.4 Å². The predicted molar refractivity (Wildman–Crippen MR) is 120 cm³/mol. The molecule has 0 unspecified atom stereocenters. The van der Waals surface area contributed by atoms with E-state index in [1.165, 1.54) is 0 Å². The number of hydrogen-bond acceptors (Lipinski definition) is 5. The van der Waals surface area contributed by atoms with Gasteiger partial charge in [0.2, 0.25) is 5.88 Å². The molecule has 0 spiro atoms. The number of rotatable bonds is 7. The van der Waals surface area contributed by atoms with Gasteiger partial charge in [0.15, 0.2) is 5.96 Å². The van der Waals surface area contributed by atoms with Gasteiger partial charge in [-0.2, -0.15) is 0 Å². The first-order chi connectivity index (χ1) is 13.2. The molecule has 1 N–H and O–H groups in total. The topological polar surface area (TPSA) is 79.3 Å². The summed E-state index contributed by atoms with van der Waals surface area (Å²) in [5.41, 5.74) is 1.000. The van der Waals surface area contributed by atoms with Crippen molar-refractivity contribution in [3.05, 3.63) is 23.9 Å². The highest BCUT2D eigenvalue weighted by Gasteiger charge is 2.23. The number of aromatic nitrogens is 1. The molecule has 1 aromatic rings. The first-order valence-electron chi connectivity index (χ1n) is 9.63. The van der Waals surface area contributed by atoms with Gasteiger partial charge < -0.3 is 24.6 Å². The number of halogens is 1. The zero-order valence-electron chi connectivity index (χ0n) is 17.0. The summed E-state index contributed by atoms with van der Waals surface area (Å²) in [4.78, 5) is 24.4. The lowest BCUT2D eigenvalue weighted by Crippen LogP contribution is -2.53. The van der Waals surface area contributed by atoms with Crippen molar-refractivity contribution in [1.29, 1.82) is 0 Å². The number of hydrogen-bond donors (Lipinski definition) is 1. The lowest BCUT2D eigenvalue weighted by Gasteiger charge is -2.35. The van der Waals surface area contributed by atoms with Gasteiger partial charge in [-0.1, -0.05) is 19.4 Å². The van der Waals surface area contributed by atoms with Crippen molar-refractivity contribution in [3.63, 3.8) is 0 Å². The molecule has 8 nitrogen and oxygen atoms in total. The quantitative estimate of drug-likeness (QED) is 0.266. The lowest BCUT2D eigenvalue weighted by atomic mass is 10.2. The molecule has 1 aliphatic rings. The summed E-state index contributed by atoms with van der Waals surface area (Å²) in [6.07, 6.45) is 3.60. The molecule has 9 heteroatoms. The van der Waals surface area contributed by atoms with Crippen molar-refractivity contribution < 1.29 is 14.3 Å². The summed E-state index contributed by atoms with van der Waals surface area (Å²) in [5, 5.41) is 3.38. The van der Waals surface area contributed by atoms with Gasteiger partial charge in [0.1, 0.15) is 0 Å². The molecule has 158 valence electrons. The van der Waals surface area contributed by atoms with E-state index in [0.29, 0.717) is 51.8 Å². The number of ether oxygens (including phenoxy) is 2. The fourth-order valence-electron chi connectivity index (χ4n) is 2.82. The van der Waals surface area contributed by atoms with E-state index in [1.54, 1.807) is 18.1 Å². The van der Waals surface area contributed by atoms with E-state index in [2.05, 4.69) is 27.1 Å². The molecule has 1 aromatic heterocycles. The molecule has 28 heavy (non-hydrogen) atoms. The van der Waals surface area contributed by atoms with E-state index in [1.807, 2.05) is 19.1 Å². The van der Waals surface area contributed by atoms with Crippen molar-refractivity contribution >= 4 is 36.0 Å². The summed E-state index contributed by atoms with van der Waals surface area (Å²) in [5.74, 6) is 1.47. The highest BCUT2D eigenvalue weighted by molar-refractivity contribution is 14.0. The molecule has 1 amide bonds. The van der Waals surface area contributed by atoms with Crippen LogP contribution in [0.4, 0.5) is 4.79 Å². The molecule has 0 radical (unpaired) electrons. The van der Waals surface area contributed by atoms with E-state index in [0.717, 1.165) is 24.4 Å². The largest absolute Gasteiger partial charge is 0.477 e. The van der Waals surface area contributed by atoms with E-state index >= 15 is 0 Å². The molecule has 1 fully saturated rings. The van der Waals surface area contributed by atoms with Gasteiger partial charge in [-0.25, -0.2) is 9.78 Å². The Morgan fingerprint density at radius 1 is 1.25 bits per heavy atom. The predicted octanol–water partition coefficient (Wildman–Crippen LogP) is 2.73. The van der Waals surface area contributed by atoms with Gasteiger partial charge in [-0.3, -0.25) is 4.99 Å². The van der Waals surface area contributed by atoms with Crippen LogP contribution >= 0.6 is 24.0 Å². The summed E-state index contributed by atoms with van der Waals surface area (Å²) in [7, 11) is 1.77. The van der Waals surface area contributed by atoms with Crippen molar-refractivity contribution in [1.82, 2.24) is 20.1 Å². The highest BCUT2D eigenvalue weighted by atomic mass is 127. The van der Waals surface area contributed by atoms with Crippen LogP contribution in [0, 0.1) is 0 Å². The van der Waals surface area contributed by atoms with Gasteiger partial charge >= 0.3 is 6.09 Å². The number of guanidine groups is 1. The summed E-state index contributed by atoms with van der Waals surface area (Å²) >= 11 is 0. The van der Waals surface area contributed by atoms with E-state index in [9.17, 15) is 4.79 Å². The number of nitrogens with one attached hydrogen (secondary N) is 1. The van der Waals surface area contributed by atoms with Crippen molar-refractivity contribution in [2.24, 2.45) is 4.99 Å². The van der Waals surface area contributed by atoms with Crippen LogP contribution in [0.3, 0.4) is 0 Å². The van der Waals surface area contributed by atoms with E-state index < -0.39 is 0 Å². The molecule has 1 saturated heterocycles. The average Bonchev–Trinajstić information content (AvgIpc) is 2.70. The van der Waals surface area contributed by atoms with Crippen LogP contribution in [0.15, 0.2) is 23.3 Å². The number of piperazine rings is 1. The minimum Gasteiger partial charge on any atom is -0.477 e. The number of nitrogens with zero attached hydrogens (tertiary/aromatic N) is 4. The van der Waals surface area contributed by atoms with E-state index in [4.69, 9.17) is 9.47 Å². The zero-order valence-corrected chi connectivity index (χ0v) is 19.3. The normalized spacial score (nSPS) is 14.3. The third-order valence-corrected chi connectivity index (χ3v) is 4.34. The van der Waals surface area contributed by atoms with Crippen LogP contribution in [-0.4, -0.2) is 73.3 Å². The number of pyridine rings is 1. The van der Waals surface area contributed by atoms with Crippen LogP contribution in [0.25, 0.3) is 0 Å². The smallest absolute Gasteiger partial charge is 0.409 e. The molecule has 0 bridgehead atoms. The standard InChI is InChI=1S/C19H31N5O3.HI/c1-4-6-14-27-17-16(8-7-9-21-17)15-22-18(20-3)23-10-12-24(13-11-23)19(25)26-5-2;/h7-9H,4-6,10-15H2,1-3H3,(H,20,22);1H. The number of carbonyl (C=O) groups is 1. The SMILES string of the molecule is CCCCOc1ncccc1CNC(=NC)N1CCN(C(=O)OCC)CC1.I. The molecule has 1 aliphatic heterocycles. The maximum atomic E-state index is 11.8. The molecule has 2 rings (SSSR count). The maximum Gasteiger partial charge on any atom is 0.409 e. The highest BCUT2D eigenvalue weighted by Crippen LogP contribution is 2.15. The molecule has 2 heterocycles. The molecular weight excluding hydrogens is 473 g/mol. The summed E-state index contributed by atoms with van der Waals surface area (Å²) in [6.45, 7) is 8.28. The van der Waals surface area contributed by atoms with Crippen LogP contribution in [0.2, 0.25) is 0 Å². The summed E-state index contributed by atoms with van der Waals surface area (Å²) < 4.78 is 10.9. The minimum absolute atomic E-state index is 0. The maximum absolute atomic E-state index is 11.8. The Labute approximate surface area is 184 Å². The van der Waals surface area contributed by atoms with Gasteiger partial charge in [0, 0.05) is 51.5 Å². The Morgan fingerprint density at radius 3 is 2.61 bits per heavy atom. The second-order valence-corrected chi connectivity index (χ2v) is 6.24. The number of unbranched alkanes of at least 4 members (excludes halogenated alkanes) is 1. The van der Waals surface area contributed by atoms with Crippen molar-refractivity contribution in [2.75, 3.05) is 46.4 Å². The first-order valence-corrected chi connectivity index (χ1v) is 9.63. The lowest BCUT2D eigenvalue weighted by molar-refractivity contribution is 0.0914. The fraction of sp³-hybridized carbons (Fsp3) is 0.632. The Hall–Kier alpha value is -1.78. The van der Waals surface area contributed by atoms with Crippen molar-refractivity contribution in [3.8, 4) is 5.88 Å². The van der Waals surface area contributed by atoms with Gasteiger partial charge in [0.05, 0.1) is 13.2 Å². The monoisotopic (exact) mass is 505 g/mol. The average molecular weight is 505 g/mol. The zero-order chi connectivity index (χ0) is 19.5. The number of aliphatic imine (C=N–C) groups is 1. The molecule has 0 atom stereocenters. The number of amides is 1. The van der Waals surface area contributed by atoms with Crippen LogP contribution in [-0.2, 0) is 11.3 Å². The summed E-state index contributed by atoms with van der Waals surface area (Å²) in [6, 6.07) is 3.91. The Kier molecular flexibility index (Phi) is 11.6. The molecule has 0 saturated carbocycles. The molecular formula is C19H32IN5O3. The molecule has 0 aliphatic carbocycles. The van der Waals surface area contributed by atoms with E-state index in [-0.39, 0.29) is 30.1 Å². The Morgan fingerprint density at radius 2 is 1.96 bits per heavy atom. The van der Waals surface area contributed by atoms with Gasteiger partial charge in [0.25, 0.3) is 0 Å². The third kappa shape index (κ3) is 7.33. The van der Waals surface area contributed by atoms with Crippen LogP contribution in [0.1, 0.15) is 32.3 Å². The second-order valence-electron chi connectivity index (χ2n) is 6.24. The Bertz CT molecular complexity index is 621. The Balaban J connectivity index is 0.00000392.